The summed E-state index contributed by atoms with van der Waals surface area (Å²) in [5, 5.41) is 10.3. The zero-order valence-corrected chi connectivity index (χ0v) is 12.9. The summed E-state index contributed by atoms with van der Waals surface area (Å²) in [7, 11) is 0. The molecule has 0 heterocycles. The Morgan fingerprint density at radius 3 is 1.79 bits per heavy atom. The molecule has 1 aromatic rings. The first-order chi connectivity index (χ1) is 8.68. The van der Waals surface area contributed by atoms with Crippen molar-refractivity contribution in [1.29, 1.82) is 0 Å². The molecule has 0 saturated heterocycles. The molecule has 106 valence electrons. The SMILES string of the molecule is CC(C)c1cc(C(C)(C)O)cc(C(C)C)c1CC=O. The number of aliphatic hydroxyl groups is 1. The molecule has 2 heteroatoms. The van der Waals surface area contributed by atoms with Gasteiger partial charge >= 0.3 is 0 Å². The Bertz CT molecular complexity index is 422. The molecule has 2 nitrogen and oxygen atoms in total. The number of hydrogen-bond acceptors (Lipinski definition) is 2. The van der Waals surface area contributed by atoms with Gasteiger partial charge in [-0.05, 0) is 47.9 Å². The van der Waals surface area contributed by atoms with E-state index in [0.29, 0.717) is 18.3 Å². The van der Waals surface area contributed by atoms with Gasteiger partial charge in [-0.3, -0.25) is 0 Å². The second kappa shape index (κ2) is 5.87. The first-order valence-electron chi connectivity index (χ1n) is 7.01. The molecule has 0 saturated carbocycles. The summed E-state index contributed by atoms with van der Waals surface area (Å²) in [6.07, 6.45) is 1.42. The Labute approximate surface area is 116 Å². The van der Waals surface area contributed by atoms with E-state index in [0.717, 1.165) is 17.4 Å². The highest BCUT2D eigenvalue weighted by molar-refractivity contribution is 5.59. The third-order valence-electron chi connectivity index (χ3n) is 3.56. The second-order valence-electron chi connectivity index (χ2n) is 6.37. The van der Waals surface area contributed by atoms with Crippen LogP contribution in [0.5, 0.6) is 0 Å². The number of carbonyl (C=O) groups is 1. The monoisotopic (exact) mass is 262 g/mol. The van der Waals surface area contributed by atoms with Gasteiger partial charge in [-0.2, -0.15) is 0 Å². The van der Waals surface area contributed by atoms with Gasteiger partial charge < -0.3 is 9.90 Å². The molecule has 1 aromatic carbocycles. The van der Waals surface area contributed by atoms with Crippen LogP contribution in [0, 0.1) is 0 Å². The van der Waals surface area contributed by atoms with Crippen LogP contribution in [0.25, 0.3) is 0 Å². The molecule has 0 radical (unpaired) electrons. The molecule has 0 amide bonds. The van der Waals surface area contributed by atoms with Gasteiger partial charge in [0, 0.05) is 6.42 Å². The zero-order chi connectivity index (χ0) is 14.8. The summed E-state index contributed by atoms with van der Waals surface area (Å²) in [5.74, 6) is 0.685. The molecule has 0 unspecified atom stereocenters. The van der Waals surface area contributed by atoms with Gasteiger partial charge in [0.15, 0.2) is 0 Å². The van der Waals surface area contributed by atoms with E-state index in [1.165, 1.54) is 11.1 Å². The molecule has 0 bridgehead atoms. The molecule has 0 atom stereocenters. The van der Waals surface area contributed by atoms with Crippen molar-refractivity contribution in [2.75, 3.05) is 0 Å². The van der Waals surface area contributed by atoms with Crippen molar-refractivity contribution in [2.24, 2.45) is 0 Å². The van der Waals surface area contributed by atoms with Crippen LogP contribution in [0.4, 0.5) is 0 Å². The van der Waals surface area contributed by atoms with E-state index >= 15 is 0 Å². The smallest absolute Gasteiger partial charge is 0.124 e. The van der Waals surface area contributed by atoms with Crippen molar-refractivity contribution in [3.8, 4) is 0 Å². The topological polar surface area (TPSA) is 37.3 Å². The number of aldehydes is 1. The van der Waals surface area contributed by atoms with Crippen LogP contribution in [-0.2, 0) is 16.8 Å². The maximum absolute atomic E-state index is 11.0. The van der Waals surface area contributed by atoms with Gasteiger partial charge in [0.05, 0.1) is 5.60 Å². The van der Waals surface area contributed by atoms with E-state index in [4.69, 9.17) is 0 Å². The van der Waals surface area contributed by atoms with Crippen molar-refractivity contribution < 1.29 is 9.90 Å². The van der Waals surface area contributed by atoms with E-state index in [1.54, 1.807) is 13.8 Å². The summed E-state index contributed by atoms with van der Waals surface area (Å²) >= 11 is 0. The lowest BCUT2D eigenvalue weighted by Gasteiger charge is -2.25. The summed E-state index contributed by atoms with van der Waals surface area (Å²) < 4.78 is 0. The van der Waals surface area contributed by atoms with E-state index in [1.807, 2.05) is 0 Å². The van der Waals surface area contributed by atoms with Gasteiger partial charge in [0.25, 0.3) is 0 Å². The molecule has 0 aliphatic heterocycles. The van der Waals surface area contributed by atoms with Crippen LogP contribution in [0.2, 0.25) is 0 Å². The van der Waals surface area contributed by atoms with Gasteiger partial charge in [-0.15, -0.1) is 0 Å². The van der Waals surface area contributed by atoms with Crippen molar-refractivity contribution >= 4 is 6.29 Å². The van der Waals surface area contributed by atoms with E-state index in [2.05, 4.69) is 39.8 Å². The highest BCUT2D eigenvalue weighted by Gasteiger charge is 2.22. The third-order valence-corrected chi connectivity index (χ3v) is 3.56. The highest BCUT2D eigenvalue weighted by Crippen LogP contribution is 2.33. The molecule has 1 rings (SSSR count). The summed E-state index contributed by atoms with van der Waals surface area (Å²) in [4.78, 5) is 11.0. The fourth-order valence-corrected chi connectivity index (χ4v) is 2.42. The Kier molecular flexibility index (Phi) is 4.92. The average Bonchev–Trinajstić information content (AvgIpc) is 2.27. The van der Waals surface area contributed by atoms with Crippen molar-refractivity contribution in [3.63, 3.8) is 0 Å². The molecule has 0 spiro atoms. The van der Waals surface area contributed by atoms with Crippen LogP contribution in [0.3, 0.4) is 0 Å². The number of benzene rings is 1. The van der Waals surface area contributed by atoms with E-state index in [-0.39, 0.29) is 0 Å². The Morgan fingerprint density at radius 2 is 1.53 bits per heavy atom. The molecule has 1 N–H and O–H groups in total. The molecule has 0 aliphatic rings. The predicted molar refractivity (Wildman–Crippen MR) is 79.6 cm³/mol. The third kappa shape index (κ3) is 3.66. The molecule has 0 fully saturated rings. The first-order valence-corrected chi connectivity index (χ1v) is 7.01. The Morgan fingerprint density at radius 1 is 1.11 bits per heavy atom. The standard InChI is InChI=1S/C17H26O2/c1-11(2)15-9-13(17(5,6)19)10-16(12(3)4)14(15)7-8-18/h8-12,19H,7H2,1-6H3. The van der Waals surface area contributed by atoms with Gasteiger partial charge in [0.2, 0.25) is 0 Å². The fraction of sp³-hybridized carbons (Fsp3) is 0.588. The number of rotatable bonds is 5. The van der Waals surface area contributed by atoms with Crippen LogP contribution in [0.1, 0.15) is 75.6 Å². The lowest BCUT2D eigenvalue weighted by molar-refractivity contribution is -0.107. The van der Waals surface area contributed by atoms with E-state index in [9.17, 15) is 9.90 Å². The number of carbonyl (C=O) groups excluding carboxylic acids is 1. The molecular weight excluding hydrogens is 236 g/mol. The first kappa shape index (κ1) is 15.9. The lowest BCUT2D eigenvalue weighted by atomic mass is 9.82. The highest BCUT2D eigenvalue weighted by atomic mass is 16.3. The van der Waals surface area contributed by atoms with Crippen molar-refractivity contribution in [2.45, 2.75) is 65.4 Å². The van der Waals surface area contributed by atoms with Crippen LogP contribution < -0.4 is 0 Å². The predicted octanol–water partition coefficient (Wildman–Crippen LogP) is 3.90. The minimum Gasteiger partial charge on any atom is -0.386 e. The zero-order valence-electron chi connectivity index (χ0n) is 12.9. The van der Waals surface area contributed by atoms with E-state index < -0.39 is 5.60 Å². The summed E-state index contributed by atoms with van der Waals surface area (Å²) in [6.45, 7) is 12.1. The van der Waals surface area contributed by atoms with Crippen molar-refractivity contribution in [1.82, 2.24) is 0 Å². The molecular formula is C17H26O2. The summed E-state index contributed by atoms with van der Waals surface area (Å²) in [5.41, 5.74) is 3.56. The fourth-order valence-electron chi connectivity index (χ4n) is 2.42. The second-order valence-corrected chi connectivity index (χ2v) is 6.37. The molecule has 0 aromatic heterocycles. The minimum atomic E-state index is -0.854. The average molecular weight is 262 g/mol. The van der Waals surface area contributed by atoms with Gasteiger partial charge in [0.1, 0.15) is 6.29 Å². The van der Waals surface area contributed by atoms with Crippen molar-refractivity contribution in [3.05, 3.63) is 34.4 Å². The quantitative estimate of drug-likeness (QED) is 0.817. The maximum atomic E-state index is 11.0. The lowest BCUT2D eigenvalue weighted by Crippen LogP contribution is -2.18. The van der Waals surface area contributed by atoms with Gasteiger partial charge in [-0.1, -0.05) is 39.8 Å². The Balaban J connectivity index is 3.57. The van der Waals surface area contributed by atoms with Gasteiger partial charge in [-0.25, -0.2) is 0 Å². The maximum Gasteiger partial charge on any atom is 0.124 e. The molecule has 19 heavy (non-hydrogen) atoms. The van der Waals surface area contributed by atoms with Crippen LogP contribution in [-0.4, -0.2) is 11.4 Å². The minimum absolute atomic E-state index is 0.342. The summed E-state index contributed by atoms with van der Waals surface area (Å²) in [6, 6.07) is 4.10. The number of hydrogen-bond donors (Lipinski definition) is 1. The Hall–Kier alpha value is -1.15. The largest absolute Gasteiger partial charge is 0.386 e. The van der Waals surface area contributed by atoms with Crippen LogP contribution in [0.15, 0.2) is 12.1 Å². The normalized spacial score (nSPS) is 12.3. The molecule has 0 aliphatic carbocycles. The van der Waals surface area contributed by atoms with Crippen LogP contribution >= 0.6 is 0 Å².